The van der Waals surface area contributed by atoms with Gasteiger partial charge in [-0.25, -0.2) is 0 Å². The number of para-hydroxylation sites is 1. The number of esters is 1. The van der Waals surface area contributed by atoms with Gasteiger partial charge in [0.05, 0.1) is 17.9 Å². The highest BCUT2D eigenvalue weighted by atomic mass is 32.1. The minimum Gasteiger partial charge on any atom is -0.493 e. The van der Waals surface area contributed by atoms with Crippen molar-refractivity contribution >= 4 is 17.3 Å². The van der Waals surface area contributed by atoms with Crippen LogP contribution in [0.2, 0.25) is 0 Å². The fraction of sp³-hybridized carbons (Fsp3) is 0.278. The lowest BCUT2D eigenvalue weighted by atomic mass is 10.2. The van der Waals surface area contributed by atoms with Crippen molar-refractivity contribution in [2.24, 2.45) is 0 Å². The minimum atomic E-state index is -0.317. The number of hydrogen-bond acceptors (Lipinski definition) is 7. The van der Waals surface area contributed by atoms with E-state index in [-0.39, 0.29) is 19.0 Å². The van der Waals surface area contributed by atoms with Crippen LogP contribution in [0.15, 0.2) is 46.3 Å². The number of carbonyl (C=O) groups is 1. The first kappa shape index (κ1) is 17.2. The molecule has 0 radical (unpaired) electrons. The molecule has 0 unspecified atom stereocenters. The van der Waals surface area contributed by atoms with E-state index >= 15 is 0 Å². The zero-order valence-electron chi connectivity index (χ0n) is 13.8. The summed E-state index contributed by atoms with van der Waals surface area (Å²) in [4.78, 5) is 17.2. The van der Waals surface area contributed by atoms with Crippen molar-refractivity contribution < 1.29 is 18.8 Å². The molecule has 7 heteroatoms. The fourth-order valence-corrected chi connectivity index (χ4v) is 2.87. The second kappa shape index (κ2) is 8.43. The van der Waals surface area contributed by atoms with Crippen molar-refractivity contribution in [3.8, 4) is 16.5 Å². The Morgan fingerprint density at radius 3 is 2.92 bits per heavy atom. The number of aryl methyl sites for hydroxylation is 1. The molecule has 0 aliphatic heterocycles. The quantitative estimate of drug-likeness (QED) is 0.569. The van der Waals surface area contributed by atoms with Crippen LogP contribution in [-0.4, -0.2) is 22.7 Å². The molecule has 0 aliphatic rings. The van der Waals surface area contributed by atoms with Crippen LogP contribution in [0.25, 0.3) is 10.7 Å². The number of thiophene rings is 1. The van der Waals surface area contributed by atoms with E-state index in [9.17, 15) is 4.79 Å². The Hall–Kier alpha value is -2.67. The third-order valence-corrected chi connectivity index (χ3v) is 4.28. The summed E-state index contributed by atoms with van der Waals surface area (Å²) < 4.78 is 16.0. The summed E-state index contributed by atoms with van der Waals surface area (Å²) in [7, 11) is 0. The number of carbonyl (C=O) groups excluding carboxylic acids is 1. The summed E-state index contributed by atoms with van der Waals surface area (Å²) in [6.45, 7) is 2.66. The average molecular weight is 358 g/mol. The third kappa shape index (κ3) is 4.67. The lowest BCUT2D eigenvalue weighted by molar-refractivity contribution is -0.145. The molecular formula is C18H18N2O4S. The second-order valence-corrected chi connectivity index (χ2v) is 6.14. The first-order valence-corrected chi connectivity index (χ1v) is 8.87. The molecule has 25 heavy (non-hydrogen) atoms. The third-order valence-electron chi connectivity index (χ3n) is 3.41. The average Bonchev–Trinajstić information content (AvgIpc) is 3.31. The van der Waals surface area contributed by atoms with Gasteiger partial charge in [-0.15, -0.1) is 11.3 Å². The maximum atomic E-state index is 11.9. The first-order chi connectivity index (χ1) is 12.3. The minimum absolute atomic E-state index is 0.180. The van der Waals surface area contributed by atoms with Gasteiger partial charge in [0.15, 0.2) is 0 Å². The number of benzene rings is 1. The normalized spacial score (nSPS) is 10.6. The highest BCUT2D eigenvalue weighted by molar-refractivity contribution is 7.13. The van der Waals surface area contributed by atoms with Crippen molar-refractivity contribution in [3.63, 3.8) is 0 Å². The van der Waals surface area contributed by atoms with Crippen LogP contribution in [0.3, 0.4) is 0 Å². The summed E-state index contributed by atoms with van der Waals surface area (Å²) >= 11 is 1.54. The molecule has 0 saturated heterocycles. The van der Waals surface area contributed by atoms with Gasteiger partial charge in [0.25, 0.3) is 0 Å². The van der Waals surface area contributed by atoms with E-state index < -0.39 is 0 Å². The van der Waals surface area contributed by atoms with E-state index in [0.717, 1.165) is 16.2 Å². The van der Waals surface area contributed by atoms with Gasteiger partial charge in [0.2, 0.25) is 11.7 Å². The van der Waals surface area contributed by atoms with E-state index in [0.29, 0.717) is 24.7 Å². The monoisotopic (exact) mass is 358 g/mol. The molecule has 2 heterocycles. The molecule has 130 valence electrons. The molecule has 1 aromatic carbocycles. The molecule has 6 nitrogen and oxygen atoms in total. The Bertz CT molecular complexity index is 814. The highest BCUT2D eigenvalue weighted by Gasteiger charge is 2.12. The lowest BCUT2D eigenvalue weighted by Gasteiger charge is -2.10. The first-order valence-electron chi connectivity index (χ1n) is 7.99. The molecule has 0 saturated carbocycles. The molecule has 0 atom stereocenters. The lowest BCUT2D eigenvalue weighted by Crippen LogP contribution is -2.07. The fourth-order valence-electron chi connectivity index (χ4n) is 2.22. The van der Waals surface area contributed by atoms with Crippen molar-refractivity contribution in [1.82, 2.24) is 10.1 Å². The van der Waals surface area contributed by atoms with Gasteiger partial charge in [-0.05, 0) is 24.4 Å². The maximum absolute atomic E-state index is 11.9. The summed E-state index contributed by atoms with van der Waals surface area (Å²) in [5.74, 6) is 1.39. The molecule has 3 aromatic rings. The van der Waals surface area contributed by atoms with Crippen LogP contribution in [0, 0.1) is 0 Å². The van der Waals surface area contributed by atoms with Crippen molar-refractivity contribution in [2.45, 2.75) is 26.4 Å². The van der Waals surface area contributed by atoms with Crippen LogP contribution in [0.1, 0.15) is 24.8 Å². The van der Waals surface area contributed by atoms with E-state index in [1.54, 1.807) is 0 Å². The van der Waals surface area contributed by atoms with Crippen LogP contribution in [0.4, 0.5) is 0 Å². The van der Waals surface area contributed by atoms with E-state index in [4.69, 9.17) is 14.0 Å². The number of nitrogens with zero attached hydrogens (tertiary/aromatic N) is 2. The Labute approximate surface area is 149 Å². The van der Waals surface area contributed by atoms with E-state index in [2.05, 4.69) is 10.1 Å². The smallest absolute Gasteiger partial charge is 0.306 e. The predicted molar refractivity (Wildman–Crippen MR) is 93.3 cm³/mol. The molecule has 0 fully saturated rings. The number of aromatic nitrogens is 2. The van der Waals surface area contributed by atoms with Gasteiger partial charge in [-0.2, -0.15) is 4.98 Å². The molecule has 0 spiro atoms. The Balaban J connectivity index is 1.49. The van der Waals surface area contributed by atoms with Crippen LogP contribution in [0.5, 0.6) is 5.75 Å². The summed E-state index contributed by atoms with van der Waals surface area (Å²) in [6.07, 6.45) is 0.535. The highest BCUT2D eigenvalue weighted by Crippen LogP contribution is 2.22. The van der Waals surface area contributed by atoms with Crippen LogP contribution >= 0.6 is 11.3 Å². The van der Waals surface area contributed by atoms with Gasteiger partial charge < -0.3 is 14.0 Å². The summed E-state index contributed by atoms with van der Waals surface area (Å²) in [5, 5.41) is 5.87. The zero-order chi connectivity index (χ0) is 17.5. The molecule has 0 N–H and O–H groups in total. The Kier molecular flexibility index (Phi) is 5.79. The van der Waals surface area contributed by atoms with Crippen molar-refractivity contribution in [2.75, 3.05) is 6.61 Å². The molecular weight excluding hydrogens is 340 g/mol. The number of hydrogen-bond donors (Lipinski definition) is 0. The Morgan fingerprint density at radius 2 is 2.12 bits per heavy atom. The van der Waals surface area contributed by atoms with Gasteiger partial charge >= 0.3 is 5.97 Å². The van der Waals surface area contributed by atoms with Gasteiger partial charge in [-0.3, -0.25) is 4.79 Å². The Morgan fingerprint density at radius 1 is 1.24 bits per heavy atom. The van der Waals surface area contributed by atoms with Crippen LogP contribution in [-0.2, 0) is 22.6 Å². The van der Waals surface area contributed by atoms with E-state index in [1.165, 1.54) is 11.3 Å². The zero-order valence-corrected chi connectivity index (χ0v) is 14.6. The van der Waals surface area contributed by atoms with Gasteiger partial charge in [-0.1, -0.05) is 29.4 Å². The van der Waals surface area contributed by atoms with Gasteiger partial charge in [0, 0.05) is 12.0 Å². The molecule has 0 aliphatic carbocycles. The topological polar surface area (TPSA) is 74.5 Å². The summed E-state index contributed by atoms with van der Waals surface area (Å²) in [5.41, 5.74) is 0.843. The van der Waals surface area contributed by atoms with Crippen LogP contribution < -0.4 is 4.74 Å². The number of ether oxygens (including phenoxy) is 2. The van der Waals surface area contributed by atoms with E-state index in [1.807, 2.05) is 48.7 Å². The van der Waals surface area contributed by atoms with Crippen molar-refractivity contribution in [1.29, 1.82) is 0 Å². The standard InChI is InChI=1S/C18H18N2O4S/c1-2-22-14-7-4-3-6-13(14)12-23-17(21)10-9-16-19-18(20-24-16)15-8-5-11-25-15/h3-8,11H,2,9-10,12H2,1H3. The molecule has 3 rings (SSSR count). The molecule has 2 aromatic heterocycles. The van der Waals surface area contributed by atoms with Crippen molar-refractivity contribution in [3.05, 3.63) is 53.2 Å². The maximum Gasteiger partial charge on any atom is 0.306 e. The molecule has 0 amide bonds. The second-order valence-electron chi connectivity index (χ2n) is 5.19. The van der Waals surface area contributed by atoms with Gasteiger partial charge in [0.1, 0.15) is 12.4 Å². The predicted octanol–water partition coefficient (Wildman–Crippen LogP) is 3.87. The number of rotatable bonds is 8. The SMILES string of the molecule is CCOc1ccccc1COC(=O)CCc1nc(-c2cccs2)no1. The molecule has 0 bridgehead atoms. The summed E-state index contributed by atoms with van der Waals surface area (Å²) in [6, 6.07) is 11.4. The largest absolute Gasteiger partial charge is 0.493 e.